The predicted molar refractivity (Wildman–Crippen MR) is 69.5 cm³/mol. The number of nitrogens with one attached hydrogen (secondary N) is 2. The molecule has 5 nitrogen and oxygen atoms in total. The number of carbonyl (C=O) groups excluding carboxylic acids is 2. The maximum atomic E-state index is 13.5. The zero-order valence-electron chi connectivity index (χ0n) is 11.0. The van der Waals surface area contributed by atoms with Crippen LogP contribution in [0, 0.1) is 5.82 Å². The van der Waals surface area contributed by atoms with Crippen molar-refractivity contribution < 1.29 is 18.7 Å². The minimum absolute atomic E-state index is 0.0359. The van der Waals surface area contributed by atoms with Crippen molar-refractivity contribution in [1.82, 2.24) is 5.32 Å². The van der Waals surface area contributed by atoms with Crippen LogP contribution in [0.1, 0.15) is 23.7 Å². The Morgan fingerprint density at radius 1 is 1.37 bits per heavy atom. The highest BCUT2D eigenvalue weighted by Gasteiger charge is 2.11. The van der Waals surface area contributed by atoms with Gasteiger partial charge in [-0.1, -0.05) is 6.92 Å². The summed E-state index contributed by atoms with van der Waals surface area (Å²) in [4.78, 5) is 22.8. The Bertz CT molecular complexity index is 463. The lowest BCUT2D eigenvalue weighted by Gasteiger charge is -2.08. The number of halogens is 1. The molecule has 0 atom stereocenters. The average molecular weight is 268 g/mol. The molecule has 0 fully saturated rings. The number of hydrogen-bond donors (Lipinski definition) is 2. The summed E-state index contributed by atoms with van der Waals surface area (Å²) in [6.45, 7) is 2.78. The van der Waals surface area contributed by atoms with Crippen molar-refractivity contribution in [2.75, 3.05) is 25.5 Å². The van der Waals surface area contributed by atoms with Gasteiger partial charge >= 0.3 is 5.97 Å². The van der Waals surface area contributed by atoms with Crippen LogP contribution in [0.15, 0.2) is 18.2 Å². The third-order valence-corrected chi connectivity index (χ3v) is 2.37. The fraction of sp³-hybridized carbons (Fsp3) is 0.385. The third kappa shape index (κ3) is 4.67. The molecule has 0 aliphatic heterocycles. The van der Waals surface area contributed by atoms with E-state index in [2.05, 4.69) is 15.4 Å². The highest BCUT2D eigenvalue weighted by Crippen LogP contribution is 2.16. The molecule has 0 aromatic heterocycles. The molecule has 0 unspecified atom stereocenters. The second-order valence-electron chi connectivity index (χ2n) is 3.91. The molecule has 0 bridgehead atoms. The molecule has 0 aliphatic rings. The summed E-state index contributed by atoms with van der Waals surface area (Å²) in [5, 5.41) is 5.30. The van der Waals surface area contributed by atoms with Crippen LogP contribution in [0.3, 0.4) is 0 Å². The van der Waals surface area contributed by atoms with Crippen molar-refractivity contribution >= 4 is 17.6 Å². The van der Waals surface area contributed by atoms with E-state index in [-0.39, 0.29) is 23.7 Å². The van der Waals surface area contributed by atoms with Gasteiger partial charge < -0.3 is 15.4 Å². The largest absolute Gasteiger partial charge is 0.465 e. The van der Waals surface area contributed by atoms with Gasteiger partial charge in [0.1, 0.15) is 5.82 Å². The van der Waals surface area contributed by atoms with E-state index in [1.54, 1.807) is 0 Å². The quantitative estimate of drug-likeness (QED) is 0.607. The van der Waals surface area contributed by atoms with Crippen molar-refractivity contribution in [2.24, 2.45) is 0 Å². The molecule has 0 spiro atoms. The highest BCUT2D eigenvalue weighted by atomic mass is 19.1. The number of benzene rings is 1. The molecule has 1 aromatic carbocycles. The Kier molecular flexibility index (Phi) is 5.95. The number of ether oxygens (including phenoxy) is 1. The molecule has 0 heterocycles. The molecule has 1 amide bonds. The second kappa shape index (κ2) is 7.48. The Hall–Kier alpha value is -1.95. The lowest BCUT2D eigenvalue weighted by Crippen LogP contribution is -2.28. The van der Waals surface area contributed by atoms with E-state index in [0.29, 0.717) is 6.54 Å². The van der Waals surface area contributed by atoms with Crippen LogP contribution < -0.4 is 10.6 Å². The van der Waals surface area contributed by atoms with E-state index < -0.39 is 11.8 Å². The third-order valence-electron chi connectivity index (χ3n) is 2.37. The molecule has 0 saturated carbocycles. The average Bonchev–Trinajstić information content (AvgIpc) is 2.40. The monoisotopic (exact) mass is 268 g/mol. The molecule has 104 valence electrons. The standard InChI is InChI=1S/C13H17FN2O3/c1-3-6-15-8-12(17)16-11-7-9(13(18)19-2)4-5-10(11)14/h4-5,7,15H,3,6,8H2,1-2H3,(H,16,17). The first-order valence-corrected chi connectivity index (χ1v) is 5.97. The van der Waals surface area contributed by atoms with Crippen LogP contribution >= 0.6 is 0 Å². The highest BCUT2D eigenvalue weighted by molar-refractivity contribution is 5.95. The van der Waals surface area contributed by atoms with Crippen LogP contribution in [0.25, 0.3) is 0 Å². The molecular formula is C13H17FN2O3. The number of anilines is 1. The number of amides is 1. The zero-order valence-corrected chi connectivity index (χ0v) is 11.0. The fourth-order valence-electron chi connectivity index (χ4n) is 1.44. The number of carbonyl (C=O) groups is 2. The number of esters is 1. The van der Waals surface area contributed by atoms with E-state index >= 15 is 0 Å². The smallest absolute Gasteiger partial charge is 0.337 e. The Morgan fingerprint density at radius 3 is 2.74 bits per heavy atom. The molecule has 0 aliphatic carbocycles. The van der Waals surface area contributed by atoms with Gasteiger partial charge in [-0.3, -0.25) is 4.79 Å². The van der Waals surface area contributed by atoms with E-state index in [1.807, 2.05) is 6.92 Å². The lowest BCUT2D eigenvalue weighted by atomic mass is 10.2. The molecular weight excluding hydrogens is 251 g/mol. The van der Waals surface area contributed by atoms with Gasteiger partial charge in [-0.2, -0.15) is 0 Å². The maximum absolute atomic E-state index is 13.5. The molecule has 0 radical (unpaired) electrons. The van der Waals surface area contributed by atoms with Crippen molar-refractivity contribution in [3.63, 3.8) is 0 Å². The fourth-order valence-corrected chi connectivity index (χ4v) is 1.44. The first kappa shape index (κ1) is 15.1. The van der Waals surface area contributed by atoms with E-state index in [9.17, 15) is 14.0 Å². The van der Waals surface area contributed by atoms with Gasteiger partial charge in [0.2, 0.25) is 5.91 Å². The van der Waals surface area contributed by atoms with Gasteiger partial charge in [0.05, 0.1) is 24.9 Å². The number of methoxy groups -OCH3 is 1. The van der Waals surface area contributed by atoms with Crippen LogP contribution in [-0.4, -0.2) is 32.1 Å². The van der Waals surface area contributed by atoms with Gasteiger partial charge in [0, 0.05) is 0 Å². The van der Waals surface area contributed by atoms with Crippen LogP contribution in [0.4, 0.5) is 10.1 Å². The Balaban J connectivity index is 2.71. The van der Waals surface area contributed by atoms with Gasteiger partial charge in [-0.25, -0.2) is 9.18 Å². The van der Waals surface area contributed by atoms with Crippen LogP contribution in [0.5, 0.6) is 0 Å². The van der Waals surface area contributed by atoms with Crippen LogP contribution in [-0.2, 0) is 9.53 Å². The number of hydrogen-bond acceptors (Lipinski definition) is 4. The first-order valence-electron chi connectivity index (χ1n) is 5.97. The molecule has 2 N–H and O–H groups in total. The molecule has 0 saturated heterocycles. The van der Waals surface area contributed by atoms with Gasteiger partial charge in [0.15, 0.2) is 0 Å². The summed E-state index contributed by atoms with van der Waals surface area (Å²) in [5.41, 5.74) is 0.145. The van der Waals surface area contributed by atoms with Crippen molar-refractivity contribution in [3.05, 3.63) is 29.6 Å². The zero-order chi connectivity index (χ0) is 14.3. The van der Waals surface area contributed by atoms with Crippen molar-refractivity contribution in [3.8, 4) is 0 Å². The van der Waals surface area contributed by atoms with Crippen molar-refractivity contribution in [2.45, 2.75) is 13.3 Å². The SMILES string of the molecule is CCCNCC(=O)Nc1cc(C(=O)OC)ccc1F. The van der Waals surface area contributed by atoms with Gasteiger partial charge in [-0.15, -0.1) is 0 Å². The Morgan fingerprint density at radius 2 is 2.11 bits per heavy atom. The lowest BCUT2D eigenvalue weighted by molar-refractivity contribution is -0.115. The minimum Gasteiger partial charge on any atom is -0.465 e. The van der Waals surface area contributed by atoms with E-state index in [0.717, 1.165) is 12.5 Å². The van der Waals surface area contributed by atoms with Gasteiger partial charge in [-0.05, 0) is 31.2 Å². The maximum Gasteiger partial charge on any atom is 0.337 e. The summed E-state index contributed by atoms with van der Waals surface area (Å²) in [6, 6.07) is 3.66. The van der Waals surface area contributed by atoms with Crippen LogP contribution in [0.2, 0.25) is 0 Å². The normalized spacial score (nSPS) is 10.1. The first-order chi connectivity index (χ1) is 9.08. The minimum atomic E-state index is -0.600. The second-order valence-corrected chi connectivity index (χ2v) is 3.91. The van der Waals surface area contributed by atoms with E-state index in [1.165, 1.54) is 19.2 Å². The molecule has 6 heteroatoms. The van der Waals surface area contributed by atoms with E-state index in [4.69, 9.17) is 0 Å². The topological polar surface area (TPSA) is 67.4 Å². The Labute approximate surface area is 111 Å². The summed E-state index contributed by atoms with van der Waals surface area (Å²) in [6.07, 6.45) is 0.902. The summed E-state index contributed by atoms with van der Waals surface area (Å²) < 4.78 is 18.0. The summed E-state index contributed by atoms with van der Waals surface area (Å²) in [7, 11) is 1.23. The molecule has 1 aromatic rings. The van der Waals surface area contributed by atoms with Crippen molar-refractivity contribution in [1.29, 1.82) is 0 Å². The summed E-state index contributed by atoms with van der Waals surface area (Å²) >= 11 is 0. The molecule has 19 heavy (non-hydrogen) atoms. The number of rotatable bonds is 6. The molecule has 1 rings (SSSR count). The van der Waals surface area contributed by atoms with Gasteiger partial charge in [0.25, 0.3) is 0 Å². The predicted octanol–water partition coefficient (Wildman–Crippen LogP) is 1.55. The summed E-state index contributed by atoms with van der Waals surface area (Å²) in [5.74, 6) is -1.55.